The van der Waals surface area contributed by atoms with Crippen molar-refractivity contribution in [3.05, 3.63) is 70.8 Å². The number of nitrogens with zero attached hydrogens (tertiary/aromatic N) is 1. The molecule has 150 valence electrons. The summed E-state index contributed by atoms with van der Waals surface area (Å²) in [5.74, 6) is 0.0267. The van der Waals surface area contributed by atoms with E-state index in [2.05, 4.69) is 0 Å². The third-order valence-corrected chi connectivity index (χ3v) is 4.81. The van der Waals surface area contributed by atoms with Crippen LogP contribution in [0.2, 0.25) is 0 Å². The van der Waals surface area contributed by atoms with Gasteiger partial charge in [-0.2, -0.15) is 26.3 Å². The number of hydrogen-bond donors (Lipinski definition) is 0. The molecule has 0 aromatic heterocycles. The summed E-state index contributed by atoms with van der Waals surface area (Å²) in [5, 5.41) is 0. The van der Waals surface area contributed by atoms with E-state index in [0.717, 1.165) is 24.3 Å². The quantitative estimate of drug-likeness (QED) is 0.621. The van der Waals surface area contributed by atoms with Crippen LogP contribution in [0.1, 0.15) is 35.1 Å². The van der Waals surface area contributed by atoms with Crippen molar-refractivity contribution in [2.24, 2.45) is 0 Å². The lowest BCUT2D eigenvalue weighted by atomic mass is 9.89. The van der Waals surface area contributed by atoms with Crippen LogP contribution in [-0.4, -0.2) is 16.7 Å². The molecule has 1 aliphatic carbocycles. The van der Waals surface area contributed by atoms with Gasteiger partial charge in [0.1, 0.15) is 5.78 Å². The number of alkyl halides is 6. The van der Waals surface area contributed by atoms with Crippen molar-refractivity contribution in [1.82, 2.24) is 4.90 Å². The lowest BCUT2D eigenvalue weighted by Crippen LogP contribution is -2.46. The van der Waals surface area contributed by atoms with Gasteiger partial charge in [0.15, 0.2) is 0 Å². The van der Waals surface area contributed by atoms with Gasteiger partial charge in [0, 0.05) is 19.5 Å². The highest BCUT2D eigenvalue weighted by molar-refractivity contribution is 5.89. The van der Waals surface area contributed by atoms with Crippen molar-refractivity contribution in [1.29, 1.82) is 0 Å². The molecule has 0 N–H and O–H groups in total. The zero-order valence-electron chi connectivity index (χ0n) is 14.6. The summed E-state index contributed by atoms with van der Waals surface area (Å²) in [4.78, 5) is 13.7. The molecule has 1 unspecified atom stereocenters. The molecule has 2 aromatic carbocycles. The van der Waals surface area contributed by atoms with Gasteiger partial charge >= 0.3 is 12.4 Å². The summed E-state index contributed by atoms with van der Waals surface area (Å²) in [6.07, 6.45) is -7.80. The maximum Gasteiger partial charge on any atom is 0.416 e. The van der Waals surface area contributed by atoms with Crippen LogP contribution >= 0.6 is 0 Å². The van der Waals surface area contributed by atoms with Crippen molar-refractivity contribution in [3.8, 4) is 0 Å². The fourth-order valence-electron chi connectivity index (χ4n) is 3.12. The Kier molecular flexibility index (Phi) is 5.52. The average molecular weight is 401 g/mol. The summed E-state index contributed by atoms with van der Waals surface area (Å²) in [5.41, 5.74) is -0.324. The normalized spacial score (nSPS) is 17.7. The van der Waals surface area contributed by atoms with E-state index >= 15 is 0 Å². The second-order valence-electron chi connectivity index (χ2n) is 6.82. The van der Waals surface area contributed by atoms with E-state index in [0.29, 0.717) is 24.0 Å². The average Bonchev–Trinajstić information content (AvgIpc) is 2.60. The van der Waals surface area contributed by atoms with Crippen LogP contribution in [0.15, 0.2) is 48.5 Å². The number of ketones is 1. The molecule has 28 heavy (non-hydrogen) atoms. The van der Waals surface area contributed by atoms with Crippen LogP contribution in [0.25, 0.3) is 0 Å². The van der Waals surface area contributed by atoms with E-state index in [1.807, 2.05) is 0 Å². The molecule has 3 rings (SSSR count). The molecule has 0 aliphatic heterocycles. The molecule has 1 saturated carbocycles. The van der Waals surface area contributed by atoms with Crippen LogP contribution in [0, 0.1) is 0 Å². The molecule has 1 fully saturated rings. The first-order valence-corrected chi connectivity index (χ1v) is 8.63. The lowest BCUT2D eigenvalue weighted by molar-refractivity contribution is -0.138. The maximum absolute atomic E-state index is 12.7. The predicted octanol–water partition coefficient (Wildman–Crippen LogP) is 5.46. The minimum atomic E-state index is -4.43. The molecule has 0 heterocycles. The Morgan fingerprint density at radius 1 is 0.750 bits per heavy atom. The van der Waals surface area contributed by atoms with Gasteiger partial charge in [-0.1, -0.05) is 24.3 Å². The molecule has 1 atom stereocenters. The Balaban J connectivity index is 1.75. The molecule has 8 heteroatoms. The Hall–Kier alpha value is -2.35. The number of halogens is 6. The Bertz CT molecular complexity index is 764. The van der Waals surface area contributed by atoms with Crippen LogP contribution < -0.4 is 0 Å². The smallest absolute Gasteiger partial charge is 0.298 e. The summed E-state index contributed by atoms with van der Waals surface area (Å²) < 4.78 is 76.2. The van der Waals surface area contributed by atoms with E-state index in [9.17, 15) is 31.1 Å². The van der Waals surface area contributed by atoms with Crippen LogP contribution in [0.3, 0.4) is 0 Å². The van der Waals surface area contributed by atoms with Crippen molar-refractivity contribution < 1.29 is 31.1 Å². The van der Waals surface area contributed by atoms with Gasteiger partial charge in [-0.15, -0.1) is 0 Å². The molecular weight excluding hydrogens is 384 g/mol. The molecule has 0 amide bonds. The number of carbonyl (C=O) groups is 1. The lowest BCUT2D eigenvalue weighted by Gasteiger charge is -2.36. The fourth-order valence-corrected chi connectivity index (χ4v) is 3.12. The van der Waals surface area contributed by atoms with Gasteiger partial charge < -0.3 is 0 Å². The third kappa shape index (κ3) is 4.73. The first kappa shape index (κ1) is 20.4. The zero-order chi connectivity index (χ0) is 20.5. The first-order valence-electron chi connectivity index (χ1n) is 8.63. The SMILES string of the molecule is O=C1CCC1N(Cc1ccc(C(F)(F)F)cc1)Cc1ccc(C(F)(F)F)cc1. The number of hydrogen-bond acceptors (Lipinski definition) is 2. The Labute approximate surface area is 157 Å². The second kappa shape index (κ2) is 7.58. The molecule has 2 aromatic rings. The van der Waals surface area contributed by atoms with Gasteiger partial charge in [-0.05, 0) is 41.8 Å². The largest absolute Gasteiger partial charge is 0.416 e. The van der Waals surface area contributed by atoms with E-state index in [1.165, 1.54) is 24.3 Å². The molecule has 0 saturated heterocycles. The zero-order valence-corrected chi connectivity index (χ0v) is 14.6. The van der Waals surface area contributed by atoms with Crippen molar-refractivity contribution in [3.63, 3.8) is 0 Å². The standard InChI is InChI=1S/C20H17F6NO/c21-19(22,23)15-5-1-13(2-6-15)11-27(17-9-10-18(17)28)12-14-3-7-16(8-4-14)20(24,25)26/h1-8,17H,9-12H2. The van der Waals surface area contributed by atoms with Crippen molar-refractivity contribution >= 4 is 5.78 Å². The molecule has 1 aliphatic rings. The van der Waals surface area contributed by atoms with E-state index in [-0.39, 0.29) is 24.9 Å². The summed E-state index contributed by atoms with van der Waals surface area (Å²) in [7, 11) is 0. The minimum Gasteiger partial charge on any atom is -0.298 e. The highest BCUT2D eigenvalue weighted by atomic mass is 19.4. The van der Waals surface area contributed by atoms with Gasteiger partial charge in [0.05, 0.1) is 17.2 Å². The molecule has 0 bridgehead atoms. The number of benzene rings is 2. The van der Waals surface area contributed by atoms with Crippen LogP contribution in [-0.2, 0) is 30.2 Å². The highest BCUT2D eigenvalue weighted by Gasteiger charge is 2.35. The van der Waals surface area contributed by atoms with Crippen LogP contribution in [0.4, 0.5) is 26.3 Å². The summed E-state index contributed by atoms with van der Waals surface area (Å²) in [6, 6.07) is 8.96. The van der Waals surface area contributed by atoms with Gasteiger partial charge in [0.25, 0.3) is 0 Å². The summed E-state index contributed by atoms with van der Waals surface area (Å²) in [6.45, 7) is 0.463. The second-order valence-corrected chi connectivity index (χ2v) is 6.82. The number of rotatable bonds is 5. The molecule has 0 spiro atoms. The predicted molar refractivity (Wildman–Crippen MR) is 90.2 cm³/mol. The van der Waals surface area contributed by atoms with E-state index < -0.39 is 23.5 Å². The van der Waals surface area contributed by atoms with Gasteiger partial charge in [-0.3, -0.25) is 9.69 Å². The van der Waals surface area contributed by atoms with Gasteiger partial charge in [-0.25, -0.2) is 0 Å². The fraction of sp³-hybridized carbons (Fsp3) is 0.350. The third-order valence-electron chi connectivity index (χ3n) is 4.81. The molecular formula is C20H17F6NO. The molecule has 0 radical (unpaired) electrons. The van der Waals surface area contributed by atoms with Crippen molar-refractivity contribution in [2.45, 2.75) is 44.3 Å². The number of carbonyl (C=O) groups excluding carboxylic acids is 1. The van der Waals surface area contributed by atoms with E-state index in [4.69, 9.17) is 0 Å². The monoisotopic (exact) mass is 401 g/mol. The Morgan fingerprint density at radius 3 is 1.39 bits per heavy atom. The molecule has 2 nitrogen and oxygen atoms in total. The summed E-state index contributed by atoms with van der Waals surface area (Å²) >= 11 is 0. The number of Topliss-reactive ketones (excluding diaryl/α,β-unsaturated/α-hetero) is 1. The van der Waals surface area contributed by atoms with Gasteiger partial charge in [0.2, 0.25) is 0 Å². The minimum absolute atomic E-state index is 0.0267. The maximum atomic E-state index is 12.7. The topological polar surface area (TPSA) is 20.3 Å². The Morgan fingerprint density at radius 2 is 1.14 bits per heavy atom. The van der Waals surface area contributed by atoms with Crippen LogP contribution in [0.5, 0.6) is 0 Å². The van der Waals surface area contributed by atoms with E-state index in [1.54, 1.807) is 4.90 Å². The highest BCUT2D eigenvalue weighted by Crippen LogP contribution is 2.31. The first-order chi connectivity index (χ1) is 13.0. The van der Waals surface area contributed by atoms with Crippen molar-refractivity contribution in [2.75, 3.05) is 0 Å².